The lowest BCUT2D eigenvalue weighted by Gasteiger charge is -2.33. The Morgan fingerprint density at radius 3 is 2.91 bits per heavy atom. The van der Waals surface area contributed by atoms with Crippen LogP contribution in [-0.2, 0) is 31.3 Å². The molecule has 2 aliphatic carbocycles. The number of rotatable bonds is 5. The first-order valence-electron chi connectivity index (χ1n) is 15.3. The maximum atomic E-state index is 14.2. The first-order chi connectivity index (χ1) is 21.3. The van der Waals surface area contributed by atoms with E-state index < -0.39 is 11.6 Å². The van der Waals surface area contributed by atoms with Crippen LogP contribution >= 0.6 is 0 Å². The van der Waals surface area contributed by atoms with Crippen molar-refractivity contribution in [2.24, 2.45) is 0 Å². The van der Waals surface area contributed by atoms with Crippen molar-refractivity contribution in [2.75, 3.05) is 19.3 Å². The third-order valence-corrected chi connectivity index (χ3v) is 10.0. The number of fused-ring (bicyclic) bond motifs is 5. The van der Waals surface area contributed by atoms with Crippen LogP contribution in [0.3, 0.4) is 0 Å². The van der Waals surface area contributed by atoms with Gasteiger partial charge in [0.2, 0.25) is 5.88 Å². The molecule has 1 saturated heterocycles. The van der Waals surface area contributed by atoms with Crippen LogP contribution in [-0.4, -0.2) is 61.7 Å². The first kappa shape index (κ1) is 27.2. The van der Waals surface area contributed by atoms with E-state index in [1.54, 1.807) is 10.7 Å². The van der Waals surface area contributed by atoms with Crippen molar-refractivity contribution < 1.29 is 13.7 Å². The second-order valence-electron chi connectivity index (χ2n) is 12.7. The number of nitrogens with two attached hydrogens (primary N) is 1. The summed E-state index contributed by atoms with van der Waals surface area (Å²) in [5, 5.41) is 22.7. The number of aryl methyl sites for hydroxylation is 1. The summed E-state index contributed by atoms with van der Waals surface area (Å²) in [4.78, 5) is 11.8. The van der Waals surface area contributed by atoms with E-state index in [9.17, 15) is 9.65 Å². The number of nitrogens with one attached hydrogen (secondary N) is 1. The summed E-state index contributed by atoms with van der Waals surface area (Å²) in [6, 6.07) is 7.93. The van der Waals surface area contributed by atoms with E-state index in [0.29, 0.717) is 54.0 Å². The highest BCUT2D eigenvalue weighted by Gasteiger charge is 2.49. The fourth-order valence-corrected chi connectivity index (χ4v) is 7.92. The number of ether oxygens (including phenoxy) is 1. The molecule has 0 saturated carbocycles. The number of likely N-dealkylation sites (tertiary alicyclic amines) is 1. The number of hydrogen-bond donors (Lipinski definition) is 2. The fraction of sp³-hybridized carbons (Fsp3) is 0.469. The minimum absolute atomic E-state index is 0.0738. The van der Waals surface area contributed by atoms with E-state index in [0.717, 1.165) is 72.4 Å². The molecule has 0 amide bonds. The highest BCUT2D eigenvalue weighted by molar-refractivity contribution is 5.68. The molecule has 1 fully saturated rings. The van der Waals surface area contributed by atoms with Crippen molar-refractivity contribution in [1.82, 2.24) is 35.1 Å². The van der Waals surface area contributed by atoms with E-state index in [1.807, 2.05) is 37.2 Å². The zero-order valence-electron chi connectivity index (χ0n) is 24.8. The molecule has 1 aromatic carbocycles. The number of nitrogen functional groups attached to an aromatic ring is 1. The van der Waals surface area contributed by atoms with Crippen molar-refractivity contribution in [3.8, 4) is 29.3 Å². The van der Waals surface area contributed by atoms with Gasteiger partial charge in [-0.1, -0.05) is 11.2 Å². The molecule has 8 rings (SSSR count). The number of nitriles is 1. The van der Waals surface area contributed by atoms with E-state index in [2.05, 4.69) is 16.5 Å². The molecular weight excluding hydrogens is 561 g/mol. The van der Waals surface area contributed by atoms with Crippen molar-refractivity contribution in [1.29, 1.82) is 5.26 Å². The number of halogens is 1. The smallest absolute Gasteiger partial charge is 0.219 e. The van der Waals surface area contributed by atoms with Crippen LogP contribution in [0.5, 0.6) is 5.88 Å². The van der Waals surface area contributed by atoms with Crippen LogP contribution in [0.2, 0.25) is 0 Å². The fourth-order valence-electron chi connectivity index (χ4n) is 7.92. The van der Waals surface area contributed by atoms with Gasteiger partial charge in [-0.25, -0.2) is 14.1 Å². The summed E-state index contributed by atoms with van der Waals surface area (Å²) in [5.74, 6) is 2.09. The van der Waals surface area contributed by atoms with Gasteiger partial charge in [0.05, 0.1) is 16.7 Å². The molecule has 1 spiro atoms. The summed E-state index contributed by atoms with van der Waals surface area (Å²) in [7, 11) is 1.92. The maximum absolute atomic E-state index is 14.2. The second-order valence-corrected chi connectivity index (χ2v) is 12.7. The van der Waals surface area contributed by atoms with E-state index in [1.165, 1.54) is 0 Å². The van der Waals surface area contributed by atoms with Crippen LogP contribution in [0.15, 0.2) is 28.9 Å². The molecule has 4 aliphatic rings. The van der Waals surface area contributed by atoms with E-state index in [4.69, 9.17) is 30.1 Å². The monoisotopic (exact) mass is 595 g/mol. The summed E-state index contributed by atoms with van der Waals surface area (Å²) >= 11 is 0. The summed E-state index contributed by atoms with van der Waals surface area (Å²) in [5.41, 5.74) is 12.6. The molecule has 4 aromatic rings. The number of hydrogen-bond acceptors (Lipinski definition) is 10. The highest BCUT2D eigenvalue weighted by Crippen LogP contribution is 2.54. The topological polar surface area (TPSA) is 144 Å². The van der Waals surface area contributed by atoms with Gasteiger partial charge >= 0.3 is 0 Å². The molecule has 3 N–H and O–H groups in total. The molecule has 0 radical (unpaired) electrons. The van der Waals surface area contributed by atoms with Crippen LogP contribution < -0.4 is 15.8 Å². The molecule has 2 aliphatic heterocycles. The molecule has 4 atom stereocenters. The number of aromatic nitrogens is 5. The standard InChI is InChI=1S/C32H34FN9O2/c1-17(25-10-20(33)16-41(25)2)43-27-11-26(42-15-19-13-36-14-24(19)39-42)37-31(38-27)29-21-4-3-8-32(30(21)44-40-29)9-7-18-5-6-23(35)22(12-34)28(18)32/h5-6,11,15,17,20,25,36H,3-4,7-10,13-14,16,35H2,1-2H3/t17-,20+,25?,32-/m0/s1. The summed E-state index contributed by atoms with van der Waals surface area (Å²) in [6.07, 6.45) is 5.38. The summed E-state index contributed by atoms with van der Waals surface area (Å²) in [6.45, 7) is 3.80. The Hall–Kier alpha value is -4.34. The van der Waals surface area contributed by atoms with Crippen molar-refractivity contribution in [3.05, 3.63) is 63.7 Å². The van der Waals surface area contributed by atoms with Gasteiger partial charge in [-0.15, -0.1) is 0 Å². The number of alkyl halides is 1. The minimum atomic E-state index is -0.876. The predicted molar refractivity (Wildman–Crippen MR) is 159 cm³/mol. The Balaban J connectivity index is 1.23. The van der Waals surface area contributed by atoms with Gasteiger partial charge in [0, 0.05) is 54.8 Å². The lowest BCUT2D eigenvalue weighted by atomic mass is 9.68. The molecule has 0 bridgehead atoms. The zero-order valence-corrected chi connectivity index (χ0v) is 24.8. The molecule has 11 nitrogen and oxygen atoms in total. The average molecular weight is 596 g/mol. The van der Waals surface area contributed by atoms with Gasteiger partial charge < -0.3 is 20.3 Å². The Labute approximate surface area is 254 Å². The highest BCUT2D eigenvalue weighted by atomic mass is 19.1. The van der Waals surface area contributed by atoms with Gasteiger partial charge in [0.1, 0.15) is 18.3 Å². The molecule has 44 heavy (non-hydrogen) atoms. The predicted octanol–water partition coefficient (Wildman–Crippen LogP) is 3.75. The van der Waals surface area contributed by atoms with Crippen LogP contribution in [0.1, 0.15) is 71.9 Å². The largest absolute Gasteiger partial charge is 0.473 e. The number of likely N-dealkylation sites (N-methyl/N-ethyl adjacent to an activating group) is 1. The number of anilines is 1. The lowest BCUT2D eigenvalue weighted by molar-refractivity contribution is 0.117. The van der Waals surface area contributed by atoms with Crippen molar-refractivity contribution in [2.45, 2.75) is 82.3 Å². The van der Waals surface area contributed by atoms with Gasteiger partial charge in [-0.2, -0.15) is 15.3 Å². The van der Waals surface area contributed by atoms with Gasteiger partial charge in [0.25, 0.3) is 0 Å². The number of nitrogens with zero attached hydrogens (tertiary/aromatic N) is 7. The third-order valence-electron chi connectivity index (χ3n) is 10.0. The molecule has 3 aromatic heterocycles. The van der Waals surface area contributed by atoms with Crippen LogP contribution in [0.25, 0.3) is 17.3 Å². The Kier molecular flexibility index (Phi) is 6.25. The SMILES string of the molecule is C[C@H](Oc1cc(-n2cc3c(n2)CNC3)nc(-c2noc3c2CCC[C@@]32CCc3ccc(N)c(C#N)c32)n1)C1C[C@@H](F)CN1C. The van der Waals surface area contributed by atoms with Gasteiger partial charge in [-0.05, 0) is 69.7 Å². The van der Waals surface area contributed by atoms with E-state index in [-0.39, 0.29) is 12.1 Å². The molecule has 226 valence electrons. The van der Waals surface area contributed by atoms with E-state index >= 15 is 0 Å². The van der Waals surface area contributed by atoms with Crippen LogP contribution in [0, 0.1) is 11.3 Å². The minimum Gasteiger partial charge on any atom is -0.473 e. The average Bonchev–Trinajstić information content (AvgIpc) is 3.82. The summed E-state index contributed by atoms with van der Waals surface area (Å²) < 4.78 is 28.6. The van der Waals surface area contributed by atoms with Crippen molar-refractivity contribution >= 4 is 5.69 Å². The molecule has 5 heterocycles. The second kappa shape index (κ2) is 10.1. The lowest BCUT2D eigenvalue weighted by Crippen LogP contribution is -2.38. The molecular formula is C32H34FN9O2. The third kappa shape index (κ3) is 4.13. The molecule has 12 heteroatoms. The van der Waals surface area contributed by atoms with Crippen LogP contribution in [0.4, 0.5) is 10.1 Å². The van der Waals surface area contributed by atoms with Gasteiger partial charge in [0.15, 0.2) is 23.1 Å². The molecule has 1 unspecified atom stereocenters. The Bertz CT molecular complexity index is 1810. The quantitative estimate of drug-likeness (QED) is 0.327. The maximum Gasteiger partial charge on any atom is 0.219 e. The first-order valence-corrected chi connectivity index (χ1v) is 15.3. The van der Waals surface area contributed by atoms with Crippen molar-refractivity contribution in [3.63, 3.8) is 0 Å². The Morgan fingerprint density at radius 2 is 2.11 bits per heavy atom. The Morgan fingerprint density at radius 1 is 1.23 bits per heavy atom. The zero-order chi connectivity index (χ0) is 30.2. The normalized spacial score (nSPS) is 24.7. The number of benzene rings is 1. The van der Waals surface area contributed by atoms with Gasteiger partial charge in [-0.3, -0.25) is 4.90 Å².